The summed E-state index contributed by atoms with van der Waals surface area (Å²) in [5.74, 6) is 0.712. The number of rotatable bonds is 5. The zero-order chi connectivity index (χ0) is 11.8. The number of hydrogen-bond donors (Lipinski definition) is 1. The third-order valence-electron chi connectivity index (χ3n) is 1.72. The summed E-state index contributed by atoms with van der Waals surface area (Å²) < 4.78 is 10.1. The summed E-state index contributed by atoms with van der Waals surface area (Å²) in [5.41, 5.74) is 0.639. The minimum absolute atomic E-state index is 0.191. The van der Waals surface area contributed by atoms with Crippen LogP contribution in [0.15, 0.2) is 36.9 Å². The van der Waals surface area contributed by atoms with Crippen LogP contribution in [0.2, 0.25) is 0 Å². The van der Waals surface area contributed by atoms with Crippen LogP contribution in [-0.4, -0.2) is 19.3 Å². The Bertz CT molecular complexity index is 363. The van der Waals surface area contributed by atoms with Crippen molar-refractivity contribution >= 4 is 11.8 Å². The Labute approximate surface area is 94.9 Å². The lowest BCUT2D eigenvalue weighted by atomic mass is 10.3. The average Bonchev–Trinajstić information content (AvgIpc) is 2.27. The van der Waals surface area contributed by atoms with Gasteiger partial charge >= 0.3 is 6.09 Å². The standard InChI is InChI=1S/C12H15NO3/c1-3-8-16-12(14)13-10-6-5-7-11(9-10)15-4-2/h3,5-7,9H,1,4,8H2,2H3,(H,13,14). The highest BCUT2D eigenvalue weighted by atomic mass is 16.5. The van der Waals surface area contributed by atoms with Crippen molar-refractivity contribution in [1.82, 2.24) is 0 Å². The molecular weight excluding hydrogens is 206 g/mol. The fourth-order valence-corrected chi connectivity index (χ4v) is 1.12. The minimum Gasteiger partial charge on any atom is -0.494 e. The van der Waals surface area contributed by atoms with Crippen LogP contribution in [0.1, 0.15) is 6.92 Å². The van der Waals surface area contributed by atoms with Gasteiger partial charge in [0.15, 0.2) is 0 Å². The van der Waals surface area contributed by atoms with E-state index in [2.05, 4.69) is 11.9 Å². The largest absolute Gasteiger partial charge is 0.494 e. The second-order valence-electron chi connectivity index (χ2n) is 2.97. The van der Waals surface area contributed by atoms with Crippen LogP contribution < -0.4 is 10.1 Å². The summed E-state index contributed by atoms with van der Waals surface area (Å²) in [7, 11) is 0. The highest BCUT2D eigenvalue weighted by Gasteiger charge is 2.02. The third-order valence-corrected chi connectivity index (χ3v) is 1.72. The maximum atomic E-state index is 11.2. The Hall–Kier alpha value is -1.97. The lowest BCUT2D eigenvalue weighted by Crippen LogP contribution is -2.13. The predicted molar refractivity (Wildman–Crippen MR) is 62.8 cm³/mol. The van der Waals surface area contributed by atoms with Gasteiger partial charge in [-0.25, -0.2) is 4.79 Å². The third kappa shape index (κ3) is 4.04. The van der Waals surface area contributed by atoms with E-state index in [1.54, 1.807) is 18.2 Å². The van der Waals surface area contributed by atoms with E-state index >= 15 is 0 Å². The smallest absolute Gasteiger partial charge is 0.411 e. The number of ether oxygens (including phenoxy) is 2. The van der Waals surface area contributed by atoms with Crippen LogP contribution in [0.4, 0.5) is 10.5 Å². The van der Waals surface area contributed by atoms with Crippen LogP contribution in [0, 0.1) is 0 Å². The second-order valence-corrected chi connectivity index (χ2v) is 2.97. The molecule has 1 N–H and O–H groups in total. The number of benzene rings is 1. The highest BCUT2D eigenvalue weighted by molar-refractivity contribution is 5.84. The lowest BCUT2D eigenvalue weighted by molar-refractivity contribution is 0.174. The van der Waals surface area contributed by atoms with Crippen molar-refractivity contribution in [3.8, 4) is 5.75 Å². The molecule has 0 atom stereocenters. The molecule has 0 fully saturated rings. The lowest BCUT2D eigenvalue weighted by Gasteiger charge is -2.07. The van der Waals surface area contributed by atoms with Gasteiger partial charge < -0.3 is 9.47 Å². The molecule has 0 saturated carbocycles. The van der Waals surface area contributed by atoms with Gasteiger partial charge in [-0.2, -0.15) is 0 Å². The van der Waals surface area contributed by atoms with Crippen molar-refractivity contribution in [3.05, 3.63) is 36.9 Å². The van der Waals surface area contributed by atoms with Crippen LogP contribution in [-0.2, 0) is 4.74 Å². The molecule has 0 radical (unpaired) electrons. The van der Waals surface area contributed by atoms with E-state index in [0.29, 0.717) is 18.0 Å². The first-order valence-corrected chi connectivity index (χ1v) is 5.03. The fourth-order valence-electron chi connectivity index (χ4n) is 1.12. The van der Waals surface area contributed by atoms with Crippen molar-refractivity contribution in [2.75, 3.05) is 18.5 Å². The average molecular weight is 221 g/mol. The summed E-state index contributed by atoms with van der Waals surface area (Å²) in [4.78, 5) is 11.2. The summed E-state index contributed by atoms with van der Waals surface area (Å²) in [5, 5.41) is 2.59. The van der Waals surface area contributed by atoms with Gasteiger partial charge in [-0.3, -0.25) is 5.32 Å². The van der Waals surface area contributed by atoms with Crippen molar-refractivity contribution in [2.24, 2.45) is 0 Å². The van der Waals surface area contributed by atoms with Gasteiger partial charge in [0.2, 0.25) is 0 Å². The molecule has 0 bridgehead atoms. The molecule has 0 aromatic heterocycles. The van der Waals surface area contributed by atoms with E-state index in [9.17, 15) is 4.79 Å². The zero-order valence-electron chi connectivity index (χ0n) is 9.23. The number of carbonyl (C=O) groups is 1. The Kier molecular flexibility index (Phi) is 4.92. The molecule has 0 aliphatic carbocycles. The van der Waals surface area contributed by atoms with Crippen molar-refractivity contribution in [3.63, 3.8) is 0 Å². The highest BCUT2D eigenvalue weighted by Crippen LogP contribution is 2.17. The predicted octanol–water partition coefficient (Wildman–Crippen LogP) is 2.82. The van der Waals surface area contributed by atoms with Gasteiger partial charge in [-0.15, -0.1) is 0 Å². The Morgan fingerprint density at radius 1 is 1.56 bits per heavy atom. The Balaban J connectivity index is 2.55. The van der Waals surface area contributed by atoms with Crippen LogP contribution >= 0.6 is 0 Å². The van der Waals surface area contributed by atoms with E-state index in [4.69, 9.17) is 9.47 Å². The molecule has 1 amide bonds. The minimum atomic E-state index is -0.506. The molecule has 0 saturated heterocycles. The van der Waals surface area contributed by atoms with Gasteiger partial charge in [0.25, 0.3) is 0 Å². The Morgan fingerprint density at radius 2 is 2.38 bits per heavy atom. The van der Waals surface area contributed by atoms with Gasteiger partial charge in [-0.1, -0.05) is 18.7 Å². The molecule has 0 aliphatic heterocycles. The van der Waals surface area contributed by atoms with Crippen LogP contribution in [0.3, 0.4) is 0 Å². The van der Waals surface area contributed by atoms with Gasteiger partial charge in [0, 0.05) is 11.8 Å². The van der Waals surface area contributed by atoms with Crippen molar-refractivity contribution in [1.29, 1.82) is 0 Å². The summed E-state index contributed by atoms with van der Waals surface area (Å²) in [6.07, 6.45) is 1.00. The number of anilines is 1. The number of nitrogens with one attached hydrogen (secondary N) is 1. The molecule has 4 nitrogen and oxygen atoms in total. The summed E-state index contributed by atoms with van der Waals surface area (Å²) >= 11 is 0. The quantitative estimate of drug-likeness (QED) is 0.778. The SMILES string of the molecule is C=CCOC(=O)Nc1cccc(OCC)c1. The van der Waals surface area contributed by atoms with Crippen molar-refractivity contribution in [2.45, 2.75) is 6.92 Å². The zero-order valence-corrected chi connectivity index (χ0v) is 9.23. The first kappa shape index (κ1) is 12.1. The number of hydrogen-bond acceptors (Lipinski definition) is 3. The van der Waals surface area contributed by atoms with Gasteiger partial charge in [-0.05, 0) is 19.1 Å². The molecule has 0 spiro atoms. The topological polar surface area (TPSA) is 47.6 Å². The van der Waals surface area contributed by atoms with Crippen LogP contribution in [0.5, 0.6) is 5.75 Å². The molecule has 1 aromatic carbocycles. The molecule has 0 heterocycles. The molecular formula is C12H15NO3. The van der Waals surface area contributed by atoms with E-state index < -0.39 is 6.09 Å². The second kappa shape index (κ2) is 6.50. The molecule has 86 valence electrons. The van der Waals surface area contributed by atoms with E-state index in [0.717, 1.165) is 0 Å². The molecule has 1 aromatic rings. The monoisotopic (exact) mass is 221 g/mol. The van der Waals surface area contributed by atoms with E-state index in [1.165, 1.54) is 6.08 Å². The number of carbonyl (C=O) groups excluding carboxylic acids is 1. The van der Waals surface area contributed by atoms with Crippen molar-refractivity contribution < 1.29 is 14.3 Å². The molecule has 0 aliphatic rings. The number of amides is 1. The molecule has 16 heavy (non-hydrogen) atoms. The van der Waals surface area contributed by atoms with Crippen LogP contribution in [0.25, 0.3) is 0 Å². The maximum absolute atomic E-state index is 11.2. The van der Waals surface area contributed by atoms with E-state index in [1.807, 2.05) is 13.0 Å². The summed E-state index contributed by atoms with van der Waals surface area (Å²) in [6.45, 7) is 6.13. The molecule has 0 unspecified atom stereocenters. The normalized spacial score (nSPS) is 9.31. The first-order valence-electron chi connectivity index (χ1n) is 5.03. The van der Waals surface area contributed by atoms with E-state index in [-0.39, 0.29) is 6.61 Å². The molecule has 1 rings (SSSR count). The molecule has 4 heteroatoms. The Morgan fingerprint density at radius 3 is 3.06 bits per heavy atom. The first-order chi connectivity index (χ1) is 7.76. The maximum Gasteiger partial charge on any atom is 0.411 e. The summed E-state index contributed by atoms with van der Waals surface area (Å²) in [6, 6.07) is 7.12. The fraction of sp³-hybridized carbons (Fsp3) is 0.250. The van der Waals surface area contributed by atoms with Gasteiger partial charge in [0.05, 0.1) is 6.61 Å². The van der Waals surface area contributed by atoms with Gasteiger partial charge in [0.1, 0.15) is 12.4 Å².